The zero-order valence-corrected chi connectivity index (χ0v) is 15.9. The third-order valence-electron chi connectivity index (χ3n) is 5.85. The van der Waals surface area contributed by atoms with E-state index in [1.54, 1.807) is 6.92 Å². The van der Waals surface area contributed by atoms with Gasteiger partial charge in [0.25, 0.3) is 0 Å². The molecule has 0 heterocycles. The number of rotatable bonds is 8. The minimum atomic E-state index is -0.738. The molecule has 144 valence electrons. The standard InChI is InChI=1S/C22H32O4/c1-3-4-7-15(2)20(23)11-10-18-19-13-16(8-5-6-9-22(25)26)12-17(19)14-21(18)24/h8,10-11,15,17-21,23-24H,5-7,9,12-14H2,1-2H3,(H,25,26)/b11-10+,16-8+/t15-,17-,18?,19-,20+,21+/m0/s1. The predicted molar refractivity (Wildman–Crippen MR) is 102 cm³/mol. The molecule has 0 bridgehead atoms. The van der Waals surface area contributed by atoms with Gasteiger partial charge in [-0.15, -0.1) is 11.8 Å². The van der Waals surface area contributed by atoms with Crippen LogP contribution >= 0.6 is 0 Å². The third-order valence-corrected chi connectivity index (χ3v) is 5.85. The maximum Gasteiger partial charge on any atom is 0.303 e. The van der Waals surface area contributed by atoms with Crippen LogP contribution in [0.4, 0.5) is 0 Å². The molecule has 2 saturated carbocycles. The van der Waals surface area contributed by atoms with E-state index in [0.717, 1.165) is 25.7 Å². The number of carboxylic acids is 1. The highest BCUT2D eigenvalue weighted by atomic mass is 16.4. The summed E-state index contributed by atoms with van der Waals surface area (Å²) < 4.78 is 0. The lowest BCUT2D eigenvalue weighted by Crippen LogP contribution is -2.19. The van der Waals surface area contributed by atoms with E-state index in [-0.39, 0.29) is 24.4 Å². The Morgan fingerprint density at radius 1 is 1.38 bits per heavy atom. The Morgan fingerprint density at radius 3 is 2.85 bits per heavy atom. The predicted octanol–water partition coefficient (Wildman–Crippen LogP) is 3.54. The molecule has 0 spiro atoms. The molecule has 2 rings (SSSR count). The van der Waals surface area contributed by atoms with Gasteiger partial charge in [-0.2, -0.15) is 0 Å². The second-order valence-electron chi connectivity index (χ2n) is 7.84. The van der Waals surface area contributed by atoms with Crippen molar-refractivity contribution in [1.82, 2.24) is 0 Å². The smallest absolute Gasteiger partial charge is 0.303 e. The van der Waals surface area contributed by atoms with Crippen LogP contribution in [-0.4, -0.2) is 33.5 Å². The lowest BCUT2D eigenvalue weighted by molar-refractivity contribution is -0.137. The average molecular weight is 360 g/mol. The van der Waals surface area contributed by atoms with Crippen LogP contribution in [0.15, 0.2) is 23.8 Å². The average Bonchev–Trinajstić information content (AvgIpc) is 3.10. The molecular formula is C22H32O4. The number of fused-ring (bicyclic) bond motifs is 1. The normalized spacial score (nSPS) is 31.6. The second kappa shape index (κ2) is 9.94. The maximum atomic E-state index is 10.6. The highest BCUT2D eigenvalue weighted by Gasteiger charge is 2.44. The molecule has 0 radical (unpaired) electrons. The minimum Gasteiger partial charge on any atom is -0.481 e. The molecular weight excluding hydrogens is 328 g/mol. The number of hydrogen-bond donors (Lipinski definition) is 3. The van der Waals surface area contributed by atoms with Crippen molar-refractivity contribution in [2.24, 2.45) is 23.7 Å². The molecule has 4 nitrogen and oxygen atoms in total. The van der Waals surface area contributed by atoms with Crippen molar-refractivity contribution in [2.45, 2.75) is 71.0 Å². The Labute approximate surface area is 157 Å². The van der Waals surface area contributed by atoms with Gasteiger partial charge in [0.05, 0.1) is 12.2 Å². The summed E-state index contributed by atoms with van der Waals surface area (Å²) in [5.41, 5.74) is 1.41. The van der Waals surface area contributed by atoms with Gasteiger partial charge in [0.1, 0.15) is 0 Å². The number of aliphatic hydroxyl groups is 2. The van der Waals surface area contributed by atoms with Crippen LogP contribution in [-0.2, 0) is 4.79 Å². The Kier molecular flexibility index (Phi) is 7.93. The highest BCUT2D eigenvalue weighted by molar-refractivity contribution is 5.66. The van der Waals surface area contributed by atoms with Crippen molar-refractivity contribution < 1.29 is 20.1 Å². The number of allylic oxidation sites excluding steroid dienone is 2. The summed E-state index contributed by atoms with van der Waals surface area (Å²) in [6, 6.07) is 0. The van der Waals surface area contributed by atoms with Crippen LogP contribution in [0, 0.1) is 35.5 Å². The first kappa shape index (κ1) is 20.7. The van der Waals surface area contributed by atoms with Crippen LogP contribution in [0.3, 0.4) is 0 Å². The Balaban J connectivity index is 1.89. The first-order chi connectivity index (χ1) is 12.4. The van der Waals surface area contributed by atoms with Gasteiger partial charge in [-0.3, -0.25) is 4.79 Å². The van der Waals surface area contributed by atoms with Crippen LogP contribution in [0.1, 0.15) is 58.8 Å². The van der Waals surface area contributed by atoms with Gasteiger partial charge in [-0.05, 0) is 56.8 Å². The fourth-order valence-corrected chi connectivity index (χ4v) is 4.31. The van der Waals surface area contributed by atoms with Crippen molar-refractivity contribution >= 4 is 5.97 Å². The molecule has 2 aliphatic rings. The van der Waals surface area contributed by atoms with E-state index in [9.17, 15) is 15.0 Å². The van der Waals surface area contributed by atoms with Gasteiger partial charge in [0.15, 0.2) is 0 Å². The van der Waals surface area contributed by atoms with Crippen molar-refractivity contribution in [2.75, 3.05) is 0 Å². The van der Waals surface area contributed by atoms with Crippen LogP contribution in [0.2, 0.25) is 0 Å². The zero-order valence-electron chi connectivity index (χ0n) is 15.9. The molecule has 0 aromatic heterocycles. The third kappa shape index (κ3) is 5.72. The molecule has 0 aromatic rings. The molecule has 0 aromatic carbocycles. The summed E-state index contributed by atoms with van der Waals surface area (Å²) in [4.78, 5) is 10.6. The van der Waals surface area contributed by atoms with E-state index < -0.39 is 12.1 Å². The van der Waals surface area contributed by atoms with Gasteiger partial charge in [-0.25, -0.2) is 0 Å². The molecule has 0 saturated heterocycles. The molecule has 0 amide bonds. The summed E-state index contributed by atoms with van der Waals surface area (Å²) in [5.74, 6) is 6.25. The zero-order chi connectivity index (χ0) is 19.1. The Bertz CT molecular complexity index is 595. The van der Waals surface area contributed by atoms with E-state index in [2.05, 4.69) is 17.9 Å². The Morgan fingerprint density at radius 2 is 2.15 bits per heavy atom. The van der Waals surface area contributed by atoms with Crippen molar-refractivity contribution in [1.29, 1.82) is 0 Å². The lowest BCUT2D eigenvalue weighted by Gasteiger charge is -2.19. The van der Waals surface area contributed by atoms with Gasteiger partial charge >= 0.3 is 5.97 Å². The van der Waals surface area contributed by atoms with Crippen molar-refractivity contribution in [3.8, 4) is 11.8 Å². The molecule has 2 aliphatic carbocycles. The topological polar surface area (TPSA) is 77.8 Å². The van der Waals surface area contributed by atoms with Gasteiger partial charge in [0.2, 0.25) is 0 Å². The van der Waals surface area contributed by atoms with E-state index in [4.69, 9.17) is 5.11 Å². The van der Waals surface area contributed by atoms with Crippen LogP contribution in [0.25, 0.3) is 0 Å². The van der Waals surface area contributed by atoms with E-state index in [0.29, 0.717) is 24.7 Å². The summed E-state index contributed by atoms with van der Waals surface area (Å²) in [6.07, 6.45) is 10.4. The fraction of sp³-hybridized carbons (Fsp3) is 0.682. The monoisotopic (exact) mass is 360 g/mol. The molecule has 26 heavy (non-hydrogen) atoms. The van der Waals surface area contributed by atoms with Crippen molar-refractivity contribution in [3.63, 3.8) is 0 Å². The SMILES string of the molecule is CC#CC[C@H](C)[C@H](O)/C=C/C1[C@H](O)C[C@@H]2C/C(=C\CCCC(=O)O)C[C@H]12. The fourth-order valence-electron chi connectivity index (χ4n) is 4.31. The first-order valence-electron chi connectivity index (χ1n) is 9.76. The number of aliphatic carboxylic acids is 1. The molecule has 1 unspecified atom stereocenters. The minimum absolute atomic E-state index is 0.0845. The second-order valence-corrected chi connectivity index (χ2v) is 7.84. The summed E-state index contributed by atoms with van der Waals surface area (Å²) in [5, 5.41) is 29.4. The maximum absolute atomic E-state index is 10.6. The number of hydrogen-bond acceptors (Lipinski definition) is 3. The van der Waals surface area contributed by atoms with Crippen LogP contribution in [0.5, 0.6) is 0 Å². The number of carbonyl (C=O) groups is 1. The number of carboxylic acid groups (broad SMARTS) is 1. The van der Waals surface area contributed by atoms with Gasteiger partial charge in [-0.1, -0.05) is 30.7 Å². The lowest BCUT2D eigenvalue weighted by atomic mass is 9.89. The summed E-state index contributed by atoms with van der Waals surface area (Å²) >= 11 is 0. The number of unbranched alkanes of at least 4 members (excludes halogenated alkanes) is 1. The molecule has 0 aliphatic heterocycles. The first-order valence-corrected chi connectivity index (χ1v) is 9.76. The van der Waals surface area contributed by atoms with Gasteiger partial charge in [0, 0.05) is 18.8 Å². The molecule has 6 atom stereocenters. The number of aliphatic hydroxyl groups excluding tert-OH is 2. The van der Waals surface area contributed by atoms with Gasteiger partial charge < -0.3 is 15.3 Å². The largest absolute Gasteiger partial charge is 0.481 e. The van der Waals surface area contributed by atoms with E-state index >= 15 is 0 Å². The summed E-state index contributed by atoms with van der Waals surface area (Å²) in [6.45, 7) is 3.79. The molecule has 3 N–H and O–H groups in total. The van der Waals surface area contributed by atoms with Crippen molar-refractivity contribution in [3.05, 3.63) is 23.8 Å². The summed E-state index contributed by atoms with van der Waals surface area (Å²) in [7, 11) is 0. The van der Waals surface area contributed by atoms with Crippen LogP contribution < -0.4 is 0 Å². The quantitative estimate of drug-likeness (QED) is 0.351. The van der Waals surface area contributed by atoms with E-state index in [1.807, 2.05) is 19.1 Å². The van der Waals surface area contributed by atoms with E-state index in [1.165, 1.54) is 5.57 Å². The molecule has 4 heteroatoms. The molecule has 2 fully saturated rings. The highest BCUT2D eigenvalue weighted by Crippen LogP contribution is 2.50. The Hall–Kier alpha value is -1.57.